The Morgan fingerprint density at radius 2 is 0.725 bits per heavy atom. The predicted octanol–water partition coefficient (Wildman–Crippen LogP) is 14.8. The van der Waals surface area contributed by atoms with E-state index in [9.17, 15) is 0 Å². The van der Waals surface area contributed by atoms with Crippen LogP contribution in [0.2, 0.25) is 0 Å². The Bertz CT molecular complexity index is 3130. The molecule has 0 N–H and O–H groups in total. The van der Waals surface area contributed by atoms with Crippen molar-refractivity contribution in [3.8, 4) is 33.4 Å². The summed E-state index contributed by atoms with van der Waals surface area (Å²) in [4.78, 5) is 0. The molecule has 0 radical (unpaired) electrons. The van der Waals surface area contributed by atoms with Crippen LogP contribution in [0.15, 0.2) is 182 Å². The molecule has 1 heteroatoms. The molecule has 0 nitrogen and oxygen atoms in total. The average Bonchev–Trinajstić information content (AvgIpc) is 3.59. The third-order valence-corrected chi connectivity index (χ3v) is 12.0. The highest BCUT2D eigenvalue weighted by Crippen LogP contribution is 2.48. The Hall–Kier alpha value is -6.28. The van der Waals surface area contributed by atoms with Gasteiger partial charge in [-0.1, -0.05) is 164 Å². The van der Waals surface area contributed by atoms with E-state index in [1.807, 2.05) is 11.3 Å². The van der Waals surface area contributed by atoms with Crippen LogP contribution < -0.4 is 0 Å². The maximum Gasteiger partial charge on any atom is 0.0440 e. The first kappa shape index (κ1) is 28.5. The SMILES string of the molecule is c1ccc(-c2cccc(-c3c4ccccc4c(-c4ccc5c(c4)c4ccccc4c4ccc6c7ccccc7sc6c45)c4ccccc34)c2)cc1. The lowest BCUT2D eigenvalue weighted by molar-refractivity contribution is 1.61. The van der Waals surface area contributed by atoms with E-state index in [1.54, 1.807) is 0 Å². The van der Waals surface area contributed by atoms with Gasteiger partial charge in [-0.3, -0.25) is 0 Å². The van der Waals surface area contributed by atoms with E-state index in [0.29, 0.717) is 0 Å². The molecule has 11 rings (SSSR count). The summed E-state index contributed by atoms with van der Waals surface area (Å²) in [6.45, 7) is 0. The lowest BCUT2D eigenvalue weighted by atomic mass is 9.84. The fourth-order valence-electron chi connectivity index (χ4n) is 8.61. The average molecular weight is 663 g/mol. The second-order valence-corrected chi connectivity index (χ2v) is 14.6. The van der Waals surface area contributed by atoms with E-state index in [0.717, 1.165) is 0 Å². The summed E-state index contributed by atoms with van der Waals surface area (Å²) in [6, 6.07) is 67.4. The molecule has 0 atom stereocenters. The molecule has 0 aliphatic rings. The normalized spacial score (nSPS) is 11.9. The summed E-state index contributed by atoms with van der Waals surface area (Å²) >= 11 is 1.92. The summed E-state index contributed by atoms with van der Waals surface area (Å²) in [5.41, 5.74) is 7.51. The highest BCUT2D eigenvalue weighted by Gasteiger charge is 2.19. The van der Waals surface area contributed by atoms with E-state index >= 15 is 0 Å². The smallest absolute Gasteiger partial charge is 0.0440 e. The molecule has 0 bridgehead atoms. The van der Waals surface area contributed by atoms with Crippen LogP contribution in [0.25, 0.3) is 107 Å². The molecule has 0 aliphatic heterocycles. The van der Waals surface area contributed by atoms with Gasteiger partial charge >= 0.3 is 0 Å². The fourth-order valence-corrected chi connectivity index (χ4v) is 9.87. The number of hydrogen-bond donors (Lipinski definition) is 0. The molecule has 0 unspecified atom stereocenters. The van der Waals surface area contributed by atoms with Crippen molar-refractivity contribution >= 4 is 85.4 Å². The largest absolute Gasteiger partial charge is 0.135 e. The van der Waals surface area contributed by atoms with Gasteiger partial charge in [0.25, 0.3) is 0 Å². The quantitative estimate of drug-likeness (QED) is 0.130. The summed E-state index contributed by atoms with van der Waals surface area (Å²) in [5.74, 6) is 0. The van der Waals surface area contributed by atoms with Crippen molar-refractivity contribution in [2.45, 2.75) is 0 Å². The molecule has 0 amide bonds. The molecule has 1 aromatic heterocycles. The van der Waals surface area contributed by atoms with Crippen molar-refractivity contribution in [1.82, 2.24) is 0 Å². The Labute approximate surface area is 299 Å². The molecule has 10 aromatic carbocycles. The minimum atomic E-state index is 1.23. The minimum absolute atomic E-state index is 1.23. The van der Waals surface area contributed by atoms with Crippen molar-refractivity contribution in [3.05, 3.63) is 182 Å². The van der Waals surface area contributed by atoms with Crippen LogP contribution in [0.1, 0.15) is 0 Å². The van der Waals surface area contributed by atoms with Gasteiger partial charge < -0.3 is 0 Å². The van der Waals surface area contributed by atoms with E-state index in [-0.39, 0.29) is 0 Å². The first-order valence-electron chi connectivity index (χ1n) is 17.6. The van der Waals surface area contributed by atoms with Crippen LogP contribution >= 0.6 is 11.3 Å². The second-order valence-electron chi connectivity index (χ2n) is 13.6. The molecule has 0 fully saturated rings. The van der Waals surface area contributed by atoms with Crippen molar-refractivity contribution in [1.29, 1.82) is 0 Å². The summed E-state index contributed by atoms with van der Waals surface area (Å²) in [5, 5.41) is 15.7. The van der Waals surface area contributed by atoms with Crippen molar-refractivity contribution in [3.63, 3.8) is 0 Å². The zero-order valence-corrected chi connectivity index (χ0v) is 28.5. The van der Waals surface area contributed by atoms with Crippen LogP contribution in [-0.4, -0.2) is 0 Å². The summed E-state index contributed by atoms with van der Waals surface area (Å²) in [7, 11) is 0. The van der Waals surface area contributed by atoms with Gasteiger partial charge in [-0.25, -0.2) is 0 Å². The van der Waals surface area contributed by atoms with Crippen LogP contribution in [-0.2, 0) is 0 Å². The second kappa shape index (κ2) is 11.1. The van der Waals surface area contributed by atoms with Gasteiger partial charge in [0.05, 0.1) is 0 Å². The molecule has 51 heavy (non-hydrogen) atoms. The standard InChI is InChI=1S/C50H30S/c1-2-13-31(14-3-1)32-15-12-16-33(29-32)47-38-20-6-8-22-40(38)48(41-23-9-7-21-39(41)47)34-25-26-43-45(30-34)36-18-5-4-17-35(36)42-27-28-44-37-19-10-11-24-46(37)51-50(44)49(42)43/h1-30H. The first-order valence-corrected chi connectivity index (χ1v) is 18.4. The van der Waals surface area contributed by atoms with Gasteiger partial charge in [-0.15, -0.1) is 11.3 Å². The van der Waals surface area contributed by atoms with Gasteiger partial charge in [0.15, 0.2) is 0 Å². The highest BCUT2D eigenvalue weighted by atomic mass is 32.1. The lowest BCUT2D eigenvalue weighted by Crippen LogP contribution is -1.92. The van der Waals surface area contributed by atoms with E-state index in [4.69, 9.17) is 0 Å². The molecule has 11 aromatic rings. The number of rotatable bonds is 3. The Morgan fingerprint density at radius 1 is 0.255 bits per heavy atom. The molecule has 1 heterocycles. The zero-order chi connectivity index (χ0) is 33.5. The van der Waals surface area contributed by atoms with Crippen LogP contribution in [0, 0.1) is 0 Å². The Balaban J connectivity index is 1.22. The van der Waals surface area contributed by atoms with E-state index in [1.165, 1.54) is 107 Å². The molecule has 0 saturated heterocycles. The predicted molar refractivity (Wildman–Crippen MR) is 223 cm³/mol. The molecule has 0 spiro atoms. The van der Waals surface area contributed by atoms with Crippen LogP contribution in [0.3, 0.4) is 0 Å². The Morgan fingerprint density at radius 3 is 1.41 bits per heavy atom. The van der Waals surface area contributed by atoms with E-state index < -0.39 is 0 Å². The number of benzene rings is 10. The van der Waals surface area contributed by atoms with Gasteiger partial charge in [0.2, 0.25) is 0 Å². The molecular formula is C50H30S. The summed E-state index contributed by atoms with van der Waals surface area (Å²) in [6.07, 6.45) is 0. The van der Waals surface area contributed by atoms with Crippen molar-refractivity contribution in [2.24, 2.45) is 0 Å². The zero-order valence-electron chi connectivity index (χ0n) is 27.7. The van der Waals surface area contributed by atoms with Crippen LogP contribution in [0.4, 0.5) is 0 Å². The fraction of sp³-hybridized carbons (Fsp3) is 0. The summed E-state index contributed by atoms with van der Waals surface area (Å²) < 4.78 is 2.71. The maximum absolute atomic E-state index is 2.47. The topological polar surface area (TPSA) is 0 Å². The number of hydrogen-bond acceptors (Lipinski definition) is 1. The third-order valence-electron chi connectivity index (χ3n) is 10.8. The van der Waals surface area contributed by atoms with Gasteiger partial charge in [0.1, 0.15) is 0 Å². The number of thiophene rings is 1. The minimum Gasteiger partial charge on any atom is -0.135 e. The van der Waals surface area contributed by atoms with Gasteiger partial charge in [0, 0.05) is 25.6 Å². The van der Waals surface area contributed by atoms with Crippen LogP contribution in [0.5, 0.6) is 0 Å². The van der Waals surface area contributed by atoms with Gasteiger partial charge in [-0.05, 0) is 100 Å². The molecule has 236 valence electrons. The molecular weight excluding hydrogens is 633 g/mol. The third kappa shape index (κ3) is 4.26. The van der Waals surface area contributed by atoms with E-state index in [2.05, 4.69) is 182 Å². The van der Waals surface area contributed by atoms with Crippen molar-refractivity contribution < 1.29 is 0 Å². The first-order chi connectivity index (χ1) is 25.3. The number of fused-ring (bicyclic) bond motifs is 12. The Kier molecular flexibility index (Phi) is 6.22. The van der Waals surface area contributed by atoms with Gasteiger partial charge in [-0.2, -0.15) is 0 Å². The lowest BCUT2D eigenvalue weighted by Gasteiger charge is -2.19. The van der Waals surface area contributed by atoms with Crippen molar-refractivity contribution in [2.75, 3.05) is 0 Å². The monoisotopic (exact) mass is 662 g/mol. The highest BCUT2D eigenvalue weighted by molar-refractivity contribution is 7.26. The molecule has 0 aliphatic carbocycles. The maximum atomic E-state index is 2.47. The molecule has 0 saturated carbocycles.